The predicted molar refractivity (Wildman–Crippen MR) is 63.5 cm³/mol. The number of ketones is 1. The van der Waals surface area contributed by atoms with Gasteiger partial charge in [-0.15, -0.1) is 0 Å². The SMILES string of the molecule is CCc1ccc(C(=O)C(C)Br)c(Cl)c1. The fraction of sp³-hybridized carbons (Fsp3) is 0.364. The molecule has 14 heavy (non-hydrogen) atoms. The van der Waals surface area contributed by atoms with Gasteiger partial charge in [0.25, 0.3) is 0 Å². The molecule has 0 aliphatic carbocycles. The largest absolute Gasteiger partial charge is 0.293 e. The Labute approximate surface area is 97.6 Å². The summed E-state index contributed by atoms with van der Waals surface area (Å²) in [5.41, 5.74) is 1.74. The van der Waals surface area contributed by atoms with Gasteiger partial charge in [-0.3, -0.25) is 4.79 Å². The van der Waals surface area contributed by atoms with Crippen LogP contribution in [0.5, 0.6) is 0 Å². The van der Waals surface area contributed by atoms with Crippen LogP contribution in [0.15, 0.2) is 18.2 Å². The van der Waals surface area contributed by atoms with E-state index in [2.05, 4.69) is 22.9 Å². The molecule has 0 spiro atoms. The lowest BCUT2D eigenvalue weighted by Gasteiger charge is -2.06. The van der Waals surface area contributed by atoms with Crippen molar-refractivity contribution in [1.82, 2.24) is 0 Å². The van der Waals surface area contributed by atoms with Crippen LogP contribution in [-0.4, -0.2) is 10.6 Å². The molecule has 0 heterocycles. The molecule has 0 bridgehead atoms. The van der Waals surface area contributed by atoms with E-state index in [1.54, 1.807) is 13.0 Å². The van der Waals surface area contributed by atoms with Crippen LogP contribution >= 0.6 is 27.5 Å². The molecule has 0 amide bonds. The summed E-state index contributed by atoms with van der Waals surface area (Å²) >= 11 is 9.24. The zero-order valence-electron chi connectivity index (χ0n) is 8.18. The topological polar surface area (TPSA) is 17.1 Å². The van der Waals surface area contributed by atoms with E-state index >= 15 is 0 Å². The highest BCUT2D eigenvalue weighted by Gasteiger charge is 2.14. The summed E-state index contributed by atoms with van der Waals surface area (Å²) < 4.78 is 0. The number of Topliss-reactive ketones (excluding diaryl/α,β-unsaturated/α-hetero) is 1. The number of hydrogen-bond acceptors (Lipinski definition) is 1. The van der Waals surface area contributed by atoms with E-state index in [1.807, 2.05) is 12.1 Å². The van der Waals surface area contributed by atoms with Crippen molar-refractivity contribution in [3.05, 3.63) is 34.3 Å². The first-order valence-electron chi connectivity index (χ1n) is 4.53. The van der Waals surface area contributed by atoms with Crippen LogP contribution in [-0.2, 0) is 6.42 Å². The number of aryl methyl sites for hydroxylation is 1. The second-order valence-electron chi connectivity index (χ2n) is 3.15. The Morgan fingerprint density at radius 1 is 1.57 bits per heavy atom. The second-order valence-corrected chi connectivity index (χ2v) is 4.93. The number of carbonyl (C=O) groups is 1. The third kappa shape index (κ3) is 2.58. The van der Waals surface area contributed by atoms with Crippen molar-refractivity contribution < 1.29 is 4.79 Å². The van der Waals surface area contributed by atoms with Crippen molar-refractivity contribution in [3.63, 3.8) is 0 Å². The molecule has 0 fully saturated rings. The van der Waals surface area contributed by atoms with Gasteiger partial charge in [-0.25, -0.2) is 0 Å². The Bertz CT molecular complexity index is 347. The van der Waals surface area contributed by atoms with E-state index in [0.717, 1.165) is 12.0 Å². The van der Waals surface area contributed by atoms with Crippen LogP contribution in [0.4, 0.5) is 0 Å². The molecule has 0 saturated heterocycles. The number of halogens is 2. The van der Waals surface area contributed by atoms with Gasteiger partial charge in [0.15, 0.2) is 5.78 Å². The van der Waals surface area contributed by atoms with Crippen molar-refractivity contribution in [3.8, 4) is 0 Å². The predicted octanol–water partition coefficient (Wildman–Crippen LogP) is 3.87. The molecule has 1 aromatic carbocycles. The van der Waals surface area contributed by atoms with Gasteiger partial charge in [-0.2, -0.15) is 0 Å². The van der Waals surface area contributed by atoms with E-state index in [-0.39, 0.29) is 10.6 Å². The van der Waals surface area contributed by atoms with Crippen molar-refractivity contribution in [2.75, 3.05) is 0 Å². The van der Waals surface area contributed by atoms with Crippen LogP contribution in [0, 0.1) is 0 Å². The molecule has 3 heteroatoms. The molecule has 1 atom stereocenters. The van der Waals surface area contributed by atoms with Crippen LogP contribution in [0.25, 0.3) is 0 Å². The normalized spacial score (nSPS) is 12.6. The first-order valence-corrected chi connectivity index (χ1v) is 5.82. The lowest BCUT2D eigenvalue weighted by Crippen LogP contribution is -2.10. The summed E-state index contributed by atoms with van der Waals surface area (Å²) in [6, 6.07) is 5.58. The zero-order chi connectivity index (χ0) is 10.7. The van der Waals surface area contributed by atoms with Gasteiger partial charge < -0.3 is 0 Å². The number of rotatable bonds is 3. The van der Waals surface area contributed by atoms with Crippen LogP contribution < -0.4 is 0 Å². The number of carbonyl (C=O) groups excluding carboxylic acids is 1. The lowest BCUT2D eigenvalue weighted by molar-refractivity contribution is 0.0996. The third-order valence-electron chi connectivity index (χ3n) is 2.07. The first-order chi connectivity index (χ1) is 6.56. The van der Waals surface area contributed by atoms with Crippen molar-refractivity contribution in [1.29, 1.82) is 0 Å². The molecule has 0 aliphatic rings. The number of hydrogen-bond donors (Lipinski definition) is 0. The van der Waals surface area contributed by atoms with Crippen molar-refractivity contribution in [2.24, 2.45) is 0 Å². The maximum absolute atomic E-state index is 11.6. The molecule has 76 valence electrons. The number of alkyl halides is 1. The molecular weight excluding hydrogens is 263 g/mol. The molecule has 0 saturated carbocycles. The molecule has 0 aromatic heterocycles. The minimum Gasteiger partial charge on any atom is -0.293 e. The molecule has 1 rings (SSSR count). The maximum Gasteiger partial charge on any atom is 0.177 e. The van der Waals surface area contributed by atoms with Gasteiger partial charge in [-0.05, 0) is 31.0 Å². The van der Waals surface area contributed by atoms with E-state index < -0.39 is 0 Å². The second kappa shape index (κ2) is 4.94. The zero-order valence-corrected chi connectivity index (χ0v) is 10.5. The van der Waals surface area contributed by atoms with E-state index in [0.29, 0.717) is 10.6 Å². The maximum atomic E-state index is 11.6. The van der Waals surface area contributed by atoms with Gasteiger partial charge in [0.2, 0.25) is 0 Å². The summed E-state index contributed by atoms with van der Waals surface area (Å²) in [5.74, 6) is 0.0256. The minimum absolute atomic E-state index is 0.0256. The summed E-state index contributed by atoms with van der Waals surface area (Å²) in [6.45, 7) is 3.85. The highest BCUT2D eigenvalue weighted by atomic mass is 79.9. The van der Waals surface area contributed by atoms with E-state index in [9.17, 15) is 4.79 Å². The fourth-order valence-electron chi connectivity index (χ4n) is 1.19. The average Bonchev–Trinajstić information content (AvgIpc) is 2.16. The van der Waals surface area contributed by atoms with E-state index in [1.165, 1.54) is 0 Å². The van der Waals surface area contributed by atoms with Crippen LogP contribution in [0.3, 0.4) is 0 Å². The van der Waals surface area contributed by atoms with Gasteiger partial charge >= 0.3 is 0 Å². The quantitative estimate of drug-likeness (QED) is 0.604. The third-order valence-corrected chi connectivity index (χ3v) is 2.80. The molecule has 0 radical (unpaired) electrons. The first kappa shape index (κ1) is 11.7. The van der Waals surface area contributed by atoms with Crippen molar-refractivity contribution >= 4 is 33.3 Å². The van der Waals surface area contributed by atoms with Crippen molar-refractivity contribution in [2.45, 2.75) is 25.1 Å². The van der Waals surface area contributed by atoms with Gasteiger partial charge in [0.05, 0.1) is 9.85 Å². The Kier molecular flexibility index (Phi) is 4.14. The smallest absolute Gasteiger partial charge is 0.177 e. The highest BCUT2D eigenvalue weighted by molar-refractivity contribution is 9.10. The summed E-state index contributed by atoms with van der Waals surface area (Å²) in [6.07, 6.45) is 0.929. The Morgan fingerprint density at radius 3 is 2.64 bits per heavy atom. The lowest BCUT2D eigenvalue weighted by atomic mass is 10.1. The minimum atomic E-state index is -0.188. The standard InChI is InChI=1S/C11H12BrClO/c1-3-8-4-5-9(10(13)6-8)11(14)7(2)12/h4-7H,3H2,1-2H3. The Hall–Kier alpha value is -0.340. The molecule has 1 unspecified atom stereocenters. The molecular formula is C11H12BrClO. The summed E-state index contributed by atoms with van der Waals surface area (Å²) in [5, 5.41) is 0.542. The fourth-order valence-corrected chi connectivity index (χ4v) is 1.74. The monoisotopic (exact) mass is 274 g/mol. The highest BCUT2D eigenvalue weighted by Crippen LogP contribution is 2.21. The van der Waals surface area contributed by atoms with Gasteiger partial charge in [0.1, 0.15) is 0 Å². The molecule has 0 aliphatic heterocycles. The Morgan fingerprint density at radius 2 is 2.21 bits per heavy atom. The van der Waals surface area contributed by atoms with Gasteiger partial charge in [-0.1, -0.05) is 40.5 Å². The van der Waals surface area contributed by atoms with Crippen LogP contribution in [0.1, 0.15) is 29.8 Å². The summed E-state index contributed by atoms with van der Waals surface area (Å²) in [4.78, 5) is 11.4. The van der Waals surface area contributed by atoms with E-state index in [4.69, 9.17) is 11.6 Å². The van der Waals surface area contributed by atoms with Crippen LogP contribution in [0.2, 0.25) is 5.02 Å². The van der Waals surface area contributed by atoms with Gasteiger partial charge in [0, 0.05) is 5.56 Å². The Balaban J connectivity index is 3.06. The number of benzene rings is 1. The molecule has 1 nitrogen and oxygen atoms in total. The molecule has 1 aromatic rings. The molecule has 0 N–H and O–H groups in total. The summed E-state index contributed by atoms with van der Waals surface area (Å²) in [7, 11) is 0. The average molecular weight is 276 g/mol.